The van der Waals surface area contributed by atoms with Crippen molar-refractivity contribution < 1.29 is 5.11 Å². The predicted octanol–water partition coefficient (Wildman–Crippen LogP) is 5.60. The summed E-state index contributed by atoms with van der Waals surface area (Å²) in [5.41, 5.74) is 4.14. The van der Waals surface area contributed by atoms with Crippen LogP contribution >= 0.6 is 22.6 Å². The van der Waals surface area contributed by atoms with Gasteiger partial charge in [-0.3, -0.25) is 0 Å². The molecule has 3 atom stereocenters. The van der Waals surface area contributed by atoms with Crippen molar-refractivity contribution >= 4 is 22.6 Å². The molecule has 1 nitrogen and oxygen atoms in total. The molecule has 0 aromatic heterocycles. The Morgan fingerprint density at radius 1 is 1.20 bits per heavy atom. The zero-order chi connectivity index (χ0) is 15.3. The first-order chi connectivity index (χ1) is 9.15. The van der Waals surface area contributed by atoms with Crippen molar-refractivity contribution in [3.8, 4) is 5.75 Å². The minimum absolute atomic E-state index is 0.228. The van der Waals surface area contributed by atoms with Crippen LogP contribution in [0.4, 0.5) is 0 Å². The molecule has 1 aromatic carbocycles. The van der Waals surface area contributed by atoms with Crippen LogP contribution < -0.4 is 0 Å². The highest BCUT2D eigenvalue weighted by Crippen LogP contribution is 2.64. The number of phenolic OH excluding ortho intramolecular Hbond substituents is 1. The summed E-state index contributed by atoms with van der Waals surface area (Å²) in [5.74, 6) is 1.61. The van der Waals surface area contributed by atoms with Gasteiger partial charge in [0.05, 0.1) is 0 Å². The lowest BCUT2D eigenvalue weighted by atomic mass is 9.63. The topological polar surface area (TPSA) is 20.2 Å². The molecule has 0 aliphatic heterocycles. The molecular weight excluding hydrogens is 359 g/mol. The molecule has 1 saturated carbocycles. The number of hydrogen-bond acceptors (Lipinski definition) is 1. The summed E-state index contributed by atoms with van der Waals surface area (Å²) in [6.45, 7) is 13.8. The molecular formula is C18H27IO. The Morgan fingerprint density at radius 3 is 2.30 bits per heavy atom. The molecule has 1 aliphatic carbocycles. The average molecular weight is 386 g/mol. The fourth-order valence-electron chi connectivity index (χ4n) is 3.76. The molecule has 112 valence electrons. The van der Waals surface area contributed by atoms with E-state index in [4.69, 9.17) is 0 Å². The molecule has 3 unspecified atom stereocenters. The Hall–Kier alpha value is -0.250. The first-order valence-corrected chi connectivity index (χ1v) is 9.03. The molecule has 0 amide bonds. The third-order valence-corrected chi connectivity index (χ3v) is 7.94. The highest BCUT2D eigenvalue weighted by atomic mass is 127. The maximum Gasteiger partial charge on any atom is 0.119 e. The molecule has 1 fully saturated rings. The molecule has 20 heavy (non-hydrogen) atoms. The van der Waals surface area contributed by atoms with Crippen molar-refractivity contribution in [2.24, 2.45) is 16.7 Å². The maximum absolute atomic E-state index is 10.5. The third-order valence-electron chi connectivity index (χ3n) is 6.36. The van der Waals surface area contributed by atoms with Crippen molar-refractivity contribution in [2.45, 2.75) is 53.9 Å². The van der Waals surface area contributed by atoms with Crippen LogP contribution in [0, 0.1) is 30.6 Å². The van der Waals surface area contributed by atoms with Crippen LogP contribution in [0.2, 0.25) is 0 Å². The highest BCUT2D eigenvalue weighted by molar-refractivity contribution is 14.1. The number of halogens is 1. The van der Waals surface area contributed by atoms with E-state index in [1.807, 2.05) is 6.07 Å². The van der Waals surface area contributed by atoms with Gasteiger partial charge in [0.25, 0.3) is 0 Å². The van der Waals surface area contributed by atoms with Crippen molar-refractivity contribution in [3.63, 3.8) is 0 Å². The summed E-state index contributed by atoms with van der Waals surface area (Å²) in [5, 5.41) is 10.5. The molecule has 0 bridgehead atoms. The van der Waals surface area contributed by atoms with E-state index < -0.39 is 0 Å². The van der Waals surface area contributed by atoms with Crippen LogP contribution in [0.1, 0.15) is 56.7 Å². The van der Waals surface area contributed by atoms with E-state index in [0.717, 1.165) is 9.99 Å². The molecule has 0 saturated heterocycles. The smallest absolute Gasteiger partial charge is 0.119 e. The van der Waals surface area contributed by atoms with Crippen molar-refractivity contribution in [1.29, 1.82) is 0 Å². The van der Waals surface area contributed by atoms with E-state index in [1.54, 1.807) is 0 Å². The van der Waals surface area contributed by atoms with E-state index in [2.05, 4.69) is 70.2 Å². The average Bonchev–Trinajstić information content (AvgIpc) is 2.55. The summed E-state index contributed by atoms with van der Waals surface area (Å²) >= 11 is 2.53. The van der Waals surface area contributed by atoms with Gasteiger partial charge in [0, 0.05) is 4.43 Å². The van der Waals surface area contributed by atoms with Gasteiger partial charge in [-0.25, -0.2) is 0 Å². The van der Waals surface area contributed by atoms with E-state index in [9.17, 15) is 5.11 Å². The second kappa shape index (κ2) is 5.19. The van der Waals surface area contributed by atoms with Crippen molar-refractivity contribution in [1.82, 2.24) is 0 Å². The Balaban J connectivity index is 2.56. The zero-order valence-corrected chi connectivity index (χ0v) is 15.7. The molecule has 1 aliphatic rings. The Bertz CT molecular complexity index is 520. The summed E-state index contributed by atoms with van der Waals surface area (Å²) in [7, 11) is 0. The van der Waals surface area contributed by atoms with Gasteiger partial charge in [0.1, 0.15) is 5.75 Å². The Labute approximate surface area is 137 Å². The van der Waals surface area contributed by atoms with Crippen LogP contribution in [-0.2, 0) is 0 Å². The van der Waals surface area contributed by atoms with Crippen LogP contribution in [0.15, 0.2) is 12.1 Å². The van der Waals surface area contributed by atoms with Gasteiger partial charge in [-0.05, 0) is 65.7 Å². The van der Waals surface area contributed by atoms with Gasteiger partial charge < -0.3 is 5.11 Å². The normalized spacial score (nSPS) is 32.5. The Morgan fingerprint density at radius 2 is 1.75 bits per heavy atom. The van der Waals surface area contributed by atoms with Gasteiger partial charge in [-0.15, -0.1) is 0 Å². The van der Waals surface area contributed by atoms with Gasteiger partial charge in [-0.1, -0.05) is 56.4 Å². The van der Waals surface area contributed by atoms with E-state index in [0.29, 0.717) is 23.0 Å². The van der Waals surface area contributed by atoms with Gasteiger partial charge in [0.2, 0.25) is 0 Å². The number of alkyl halides is 1. The number of aryl methyl sites for hydroxylation is 2. The minimum Gasteiger partial charge on any atom is -0.508 e. The van der Waals surface area contributed by atoms with E-state index in [1.165, 1.54) is 17.5 Å². The summed E-state index contributed by atoms with van der Waals surface area (Å²) in [6.07, 6.45) is 1.17. The SMILES string of the molecule is Cc1cc(O)c(C2CC(C)C(C)(C)C2(C)CI)cc1C. The van der Waals surface area contributed by atoms with Gasteiger partial charge in [0.15, 0.2) is 0 Å². The van der Waals surface area contributed by atoms with Crippen molar-refractivity contribution in [2.75, 3.05) is 4.43 Å². The molecule has 0 spiro atoms. The second-order valence-electron chi connectivity index (χ2n) is 7.46. The highest BCUT2D eigenvalue weighted by Gasteiger charge is 2.55. The fourth-order valence-corrected chi connectivity index (χ4v) is 5.27. The molecule has 2 rings (SSSR count). The van der Waals surface area contributed by atoms with E-state index in [-0.39, 0.29) is 5.41 Å². The van der Waals surface area contributed by atoms with Gasteiger partial charge >= 0.3 is 0 Å². The fraction of sp³-hybridized carbons (Fsp3) is 0.667. The van der Waals surface area contributed by atoms with Crippen LogP contribution in [0.25, 0.3) is 0 Å². The standard InChI is InChI=1S/C18H27IO/c1-11-7-14(16(20)8-12(11)2)15-9-13(3)17(4,5)18(15,6)10-19/h7-8,13,15,20H,9-10H2,1-6H3. The number of rotatable bonds is 2. The van der Waals surface area contributed by atoms with Crippen molar-refractivity contribution in [3.05, 3.63) is 28.8 Å². The van der Waals surface area contributed by atoms with E-state index >= 15 is 0 Å². The lowest BCUT2D eigenvalue weighted by molar-refractivity contribution is 0.112. The molecule has 2 heteroatoms. The monoisotopic (exact) mass is 386 g/mol. The first kappa shape index (κ1) is 16.1. The van der Waals surface area contributed by atoms with Crippen LogP contribution in [-0.4, -0.2) is 9.53 Å². The number of aromatic hydroxyl groups is 1. The largest absolute Gasteiger partial charge is 0.508 e. The second-order valence-corrected chi connectivity index (χ2v) is 8.22. The lowest BCUT2D eigenvalue weighted by Gasteiger charge is -2.43. The molecule has 1 N–H and O–H groups in total. The number of benzene rings is 1. The number of phenols is 1. The lowest BCUT2D eigenvalue weighted by Crippen LogP contribution is -2.37. The van der Waals surface area contributed by atoms with Crippen LogP contribution in [0.3, 0.4) is 0 Å². The minimum atomic E-state index is 0.228. The summed E-state index contributed by atoms with van der Waals surface area (Å²) in [6, 6.07) is 4.16. The third kappa shape index (κ3) is 2.18. The molecule has 1 aromatic rings. The quantitative estimate of drug-likeness (QED) is 0.518. The molecule has 0 radical (unpaired) electrons. The van der Waals surface area contributed by atoms with Gasteiger partial charge in [-0.2, -0.15) is 0 Å². The maximum atomic E-state index is 10.5. The number of hydrogen-bond donors (Lipinski definition) is 1. The zero-order valence-electron chi connectivity index (χ0n) is 13.5. The molecule has 0 heterocycles. The van der Waals surface area contributed by atoms with Crippen LogP contribution in [0.5, 0.6) is 5.75 Å². The summed E-state index contributed by atoms with van der Waals surface area (Å²) < 4.78 is 1.12. The Kier molecular flexibility index (Phi) is 4.18. The first-order valence-electron chi connectivity index (χ1n) is 7.51. The summed E-state index contributed by atoms with van der Waals surface area (Å²) in [4.78, 5) is 0. The predicted molar refractivity (Wildman–Crippen MR) is 94.9 cm³/mol.